The molecule has 8 heteroatoms. The summed E-state index contributed by atoms with van der Waals surface area (Å²) in [5.41, 5.74) is 3.52. The van der Waals surface area contributed by atoms with Gasteiger partial charge in [0.05, 0.1) is 12.3 Å². The second-order valence-electron chi connectivity index (χ2n) is 5.82. The molecule has 0 radical (unpaired) electrons. The molecule has 0 aliphatic carbocycles. The van der Waals surface area contributed by atoms with Crippen molar-refractivity contribution in [2.24, 2.45) is 5.10 Å². The lowest BCUT2D eigenvalue weighted by atomic mass is 10.1. The van der Waals surface area contributed by atoms with E-state index in [2.05, 4.69) is 15.8 Å². The van der Waals surface area contributed by atoms with Gasteiger partial charge < -0.3 is 14.8 Å². The molecular weight excluding hydrogens is 353 g/mol. The van der Waals surface area contributed by atoms with Gasteiger partial charge in [0.25, 0.3) is 11.8 Å². The van der Waals surface area contributed by atoms with Crippen molar-refractivity contribution < 1.29 is 23.5 Å². The summed E-state index contributed by atoms with van der Waals surface area (Å²) in [5.74, 6) is -0.256. The highest BCUT2D eigenvalue weighted by Gasteiger charge is 2.27. The second-order valence-corrected chi connectivity index (χ2v) is 5.82. The van der Waals surface area contributed by atoms with Crippen LogP contribution in [0.1, 0.15) is 12.5 Å². The summed E-state index contributed by atoms with van der Waals surface area (Å²) in [6, 6.07) is 12.8. The van der Waals surface area contributed by atoms with Crippen molar-refractivity contribution in [3.05, 3.63) is 59.9 Å². The Labute approximate surface area is 155 Å². The number of nitrogens with zero attached hydrogens (tertiary/aromatic N) is 1. The van der Waals surface area contributed by atoms with Crippen LogP contribution in [0.4, 0.5) is 4.39 Å². The fourth-order valence-electron chi connectivity index (χ4n) is 2.37. The van der Waals surface area contributed by atoms with E-state index in [1.54, 1.807) is 43.3 Å². The molecule has 1 atom stereocenters. The van der Waals surface area contributed by atoms with Gasteiger partial charge in [-0.05, 0) is 36.8 Å². The number of rotatable bonds is 5. The molecule has 2 aromatic carbocycles. The Hall–Kier alpha value is -3.42. The zero-order valence-corrected chi connectivity index (χ0v) is 14.6. The average Bonchev–Trinajstić information content (AvgIpc) is 2.70. The topological polar surface area (TPSA) is 89.0 Å². The van der Waals surface area contributed by atoms with E-state index in [1.807, 2.05) is 0 Å². The monoisotopic (exact) mass is 371 g/mol. The molecular formula is C19H18FN3O4. The number of nitrogens with one attached hydrogen (secondary N) is 2. The molecule has 0 aromatic heterocycles. The van der Waals surface area contributed by atoms with Gasteiger partial charge >= 0.3 is 0 Å². The van der Waals surface area contributed by atoms with Gasteiger partial charge in [0, 0.05) is 0 Å². The number of carbonyl (C=O) groups is 2. The number of para-hydroxylation sites is 2. The number of benzene rings is 2. The molecule has 1 aliphatic heterocycles. The highest BCUT2D eigenvalue weighted by atomic mass is 19.1. The quantitative estimate of drug-likeness (QED) is 0.618. The number of fused-ring (bicyclic) bond motifs is 1. The minimum Gasteiger partial charge on any atom is -0.485 e. The first-order valence-corrected chi connectivity index (χ1v) is 8.28. The smallest absolute Gasteiger partial charge is 0.265 e. The minimum atomic E-state index is -0.836. The Morgan fingerprint density at radius 1 is 1.15 bits per heavy atom. The van der Waals surface area contributed by atoms with Crippen LogP contribution in [0.3, 0.4) is 0 Å². The fourth-order valence-corrected chi connectivity index (χ4v) is 2.37. The van der Waals surface area contributed by atoms with E-state index in [9.17, 15) is 14.0 Å². The first kappa shape index (κ1) is 18.4. The first-order valence-electron chi connectivity index (χ1n) is 8.28. The Bertz CT molecular complexity index is 868. The van der Waals surface area contributed by atoms with Gasteiger partial charge in [-0.2, -0.15) is 5.10 Å². The van der Waals surface area contributed by atoms with Crippen LogP contribution in [0.5, 0.6) is 11.5 Å². The lowest BCUT2D eigenvalue weighted by molar-refractivity contribution is -0.132. The summed E-state index contributed by atoms with van der Waals surface area (Å²) in [7, 11) is 0. The van der Waals surface area contributed by atoms with Crippen LogP contribution in [0.2, 0.25) is 0 Å². The summed E-state index contributed by atoms with van der Waals surface area (Å²) >= 11 is 0. The molecule has 1 aliphatic rings. The molecule has 0 fully saturated rings. The maximum Gasteiger partial charge on any atom is 0.265 e. The maximum absolute atomic E-state index is 12.9. The number of amides is 2. The molecule has 2 aromatic rings. The maximum atomic E-state index is 12.9. The van der Waals surface area contributed by atoms with Gasteiger partial charge in [-0.25, -0.2) is 9.82 Å². The van der Waals surface area contributed by atoms with E-state index >= 15 is 0 Å². The van der Waals surface area contributed by atoms with E-state index in [0.29, 0.717) is 22.8 Å². The molecule has 0 saturated carbocycles. The highest BCUT2D eigenvalue weighted by Crippen LogP contribution is 2.30. The van der Waals surface area contributed by atoms with E-state index < -0.39 is 17.9 Å². The molecule has 7 nitrogen and oxygen atoms in total. The Morgan fingerprint density at radius 2 is 1.85 bits per heavy atom. The molecule has 2 amide bonds. The number of carbonyl (C=O) groups excluding carboxylic acids is 2. The fraction of sp³-hybridized carbons (Fsp3) is 0.211. The lowest BCUT2D eigenvalue weighted by Gasteiger charge is -2.25. The highest BCUT2D eigenvalue weighted by molar-refractivity contribution is 5.99. The Kier molecular flexibility index (Phi) is 5.65. The molecule has 0 saturated heterocycles. The second kappa shape index (κ2) is 8.31. The molecule has 27 heavy (non-hydrogen) atoms. The largest absolute Gasteiger partial charge is 0.485 e. The van der Waals surface area contributed by atoms with Crippen molar-refractivity contribution in [1.82, 2.24) is 10.7 Å². The standard InChI is InChI=1S/C19H18FN3O4/c1-12(13-6-8-14(20)9-7-13)22-23-18(24)10-21-19(25)17-11-26-15-4-2-3-5-16(15)27-17/h2-9,17H,10-11H2,1H3,(H,21,25)(H,23,24)/b22-12+. The molecule has 140 valence electrons. The predicted molar refractivity (Wildman–Crippen MR) is 96.1 cm³/mol. The van der Waals surface area contributed by atoms with E-state index in [-0.39, 0.29) is 19.0 Å². The van der Waals surface area contributed by atoms with Gasteiger partial charge in [-0.15, -0.1) is 0 Å². The zero-order chi connectivity index (χ0) is 19.2. The summed E-state index contributed by atoms with van der Waals surface area (Å²) in [6.45, 7) is 1.48. The number of hydrazone groups is 1. The third kappa shape index (κ3) is 4.81. The number of ether oxygens (including phenoxy) is 2. The van der Waals surface area contributed by atoms with E-state index in [1.165, 1.54) is 12.1 Å². The van der Waals surface area contributed by atoms with Gasteiger partial charge in [-0.1, -0.05) is 24.3 Å². The molecule has 1 unspecified atom stereocenters. The van der Waals surface area contributed by atoms with Crippen LogP contribution in [0, 0.1) is 5.82 Å². The molecule has 2 N–H and O–H groups in total. The average molecular weight is 371 g/mol. The number of hydrogen-bond acceptors (Lipinski definition) is 5. The zero-order valence-electron chi connectivity index (χ0n) is 14.6. The Morgan fingerprint density at radius 3 is 2.59 bits per heavy atom. The summed E-state index contributed by atoms with van der Waals surface area (Å²) in [4.78, 5) is 24.0. The van der Waals surface area contributed by atoms with Crippen molar-refractivity contribution in [2.75, 3.05) is 13.2 Å². The lowest BCUT2D eigenvalue weighted by Crippen LogP contribution is -2.46. The third-order valence-corrected chi connectivity index (χ3v) is 3.83. The molecule has 0 bridgehead atoms. The number of hydrogen-bond donors (Lipinski definition) is 2. The predicted octanol–water partition coefficient (Wildman–Crippen LogP) is 1.62. The van der Waals surface area contributed by atoms with E-state index in [0.717, 1.165) is 0 Å². The van der Waals surface area contributed by atoms with Gasteiger partial charge in [0.1, 0.15) is 12.4 Å². The summed E-state index contributed by atoms with van der Waals surface area (Å²) in [6.07, 6.45) is -0.836. The van der Waals surface area contributed by atoms with Crippen LogP contribution in [-0.2, 0) is 9.59 Å². The summed E-state index contributed by atoms with van der Waals surface area (Å²) < 4.78 is 23.9. The molecule has 0 spiro atoms. The van der Waals surface area contributed by atoms with Crippen LogP contribution >= 0.6 is 0 Å². The number of halogens is 1. The van der Waals surface area contributed by atoms with Crippen LogP contribution in [0.25, 0.3) is 0 Å². The summed E-state index contributed by atoms with van der Waals surface area (Å²) in [5, 5.41) is 6.41. The van der Waals surface area contributed by atoms with E-state index in [4.69, 9.17) is 9.47 Å². The van der Waals surface area contributed by atoms with Crippen LogP contribution in [0.15, 0.2) is 53.6 Å². The van der Waals surface area contributed by atoms with Gasteiger partial charge in [-0.3, -0.25) is 9.59 Å². The van der Waals surface area contributed by atoms with Crippen molar-refractivity contribution in [2.45, 2.75) is 13.0 Å². The van der Waals surface area contributed by atoms with Crippen molar-refractivity contribution in [1.29, 1.82) is 0 Å². The van der Waals surface area contributed by atoms with Gasteiger partial charge in [0.15, 0.2) is 11.5 Å². The van der Waals surface area contributed by atoms with Crippen molar-refractivity contribution in [3.8, 4) is 11.5 Å². The van der Waals surface area contributed by atoms with Crippen LogP contribution < -0.4 is 20.2 Å². The van der Waals surface area contributed by atoms with Crippen LogP contribution in [-0.4, -0.2) is 36.8 Å². The molecule has 3 rings (SSSR count). The first-order chi connectivity index (χ1) is 13.0. The molecule has 1 heterocycles. The SMILES string of the molecule is C/C(=N\NC(=O)CNC(=O)C1COc2ccccc2O1)c1ccc(F)cc1. The minimum absolute atomic E-state index is 0.0618. The van der Waals surface area contributed by atoms with Crippen molar-refractivity contribution in [3.63, 3.8) is 0 Å². The van der Waals surface area contributed by atoms with Crippen molar-refractivity contribution >= 4 is 17.5 Å². The normalized spacial score (nSPS) is 15.8. The Balaban J connectivity index is 1.47. The van der Waals surface area contributed by atoms with Gasteiger partial charge in [0.2, 0.25) is 6.10 Å². The third-order valence-electron chi connectivity index (χ3n) is 3.83.